The number of ether oxygens (including phenoxy) is 2. The molecule has 0 aromatic heterocycles. The first-order valence-electron chi connectivity index (χ1n) is 4.93. The van der Waals surface area contributed by atoms with E-state index in [1.165, 1.54) is 0 Å². The van der Waals surface area contributed by atoms with Crippen molar-refractivity contribution in [3.8, 4) is 0 Å². The van der Waals surface area contributed by atoms with Gasteiger partial charge < -0.3 is 0 Å². The van der Waals surface area contributed by atoms with Crippen molar-refractivity contribution in [2.75, 3.05) is 6.61 Å². The third-order valence-electron chi connectivity index (χ3n) is 2.79. The first-order valence-corrected chi connectivity index (χ1v) is 4.93. The van der Waals surface area contributed by atoms with Gasteiger partial charge in [-0.1, -0.05) is 4.89 Å². The number of nitrogens with zero attached hydrogens (tertiary/aromatic N) is 4. The molecule has 2 rings (SSSR count). The minimum atomic E-state index is -4.27. The zero-order valence-corrected chi connectivity index (χ0v) is 9.60. The lowest BCUT2D eigenvalue weighted by Gasteiger charge is -2.26. The Labute approximate surface area is 111 Å². The largest absolute Gasteiger partial charge is 0.757 e. The van der Waals surface area contributed by atoms with E-state index in [9.17, 15) is 40.5 Å². The highest BCUT2D eigenvalue weighted by Crippen LogP contribution is 2.48. The van der Waals surface area contributed by atoms with E-state index >= 15 is 0 Å². The highest BCUT2D eigenvalue weighted by Gasteiger charge is 2.95. The Bertz CT molecular complexity index is 512. The van der Waals surface area contributed by atoms with Gasteiger partial charge in [0.25, 0.3) is 0 Å². The lowest BCUT2D eigenvalue weighted by molar-refractivity contribution is -0.995. The summed E-state index contributed by atoms with van der Waals surface area (Å²) >= 11 is 0. The van der Waals surface area contributed by atoms with Gasteiger partial charge >= 0.3 is 17.7 Å². The lowest BCUT2D eigenvalue weighted by atomic mass is 10.1. The first kappa shape index (κ1) is 14.8. The molecule has 2 unspecified atom stereocenters. The Morgan fingerprint density at radius 2 is 1.43 bits per heavy atom. The number of nitro groups is 4. The van der Waals surface area contributed by atoms with Gasteiger partial charge in [-0.3, -0.25) is 45.2 Å². The Morgan fingerprint density at radius 1 is 0.905 bits per heavy atom. The molecule has 2 aliphatic rings. The van der Waals surface area contributed by atoms with E-state index < -0.39 is 50.4 Å². The molecule has 2 bridgehead atoms. The average Bonchev–Trinajstić information content (AvgIpc) is 2.62. The van der Waals surface area contributed by atoms with Crippen molar-refractivity contribution >= 4 is 0 Å². The maximum atomic E-state index is 11.0. The normalized spacial score (nSPS) is 31.6. The highest BCUT2D eigenvalue weighted by atomic mass is 17.3. The second-order valence-electron chi connectivity index (χ2n) is 3.81. The van der Waals surface area contributed by atoms with E-state index in [0.29, 0.717) is 0 Å². The monoisotopic (exact) mass is 312 g/mol. The van der Waals surface area contributed by atoms with Crippen molar-refractivity contribution in [1.82, 2.24) is 0 Å². The summed E-state index contributed by atoms with van der Waals surface area (Å²) < 4.78 is 8.83. The molecular formula is C5H4N4O12. The van der Waals surface area contributed by atoms with Gasteiger partial charge in [-0.15, -0.1) is 0 Å². The third kappa shape index (κ3) is 1.57. The van der Waals surface area contributed by atoms with Crippen LogP contribution in [-0.4, -0.2) is 44.0 Å². The van der Waals surface area contributed by atoms with Crippen LogP contribution in [-0.2, 0) is 19.2 Å². The van der Waals surface area contributed by atoms with Crippen LogP contribution in [0.25, 0.3) is 0 Å². The number of rotatable bonds is 5. The fraction of sp³-hybridized carbons (Fsp3) is 1.00. The van der Waals surface area contributed by atoms with Crippen LogP contribution in [0.3, 0.4) is 0 Å². The molecular weight excluding hydrogens is 308 g/mol. The van der Waals surface area contributed by atoms with Gasteiger partial charge in [0.1, 0.15) is 4.92 Å². The van der Waals surface area contributed by atoms with Crippen molar-refractivity contribution < 1.29 is 38.9 Å². The molecule has 0 aromatic rings. The van der Waals surface area contributed by atoms with Crippen LogP contribution in [0.5, 0.6) is 0 Å². The van der Waals surface area contributed by atoms with Gasteiger partial charge in [-0.05, 0) is 0 Å². The molecule has 0 aliphatic carbocycles. The van der Waals surface area contributed by atoms with E-state index in [1.807, 2.05) is 0 Å². The Balaban J connectivity index is 2.61. The van der Waals surface area contributed by atoms with Crippen LogP contribution >= 0.6 is 0 Å². The minimum Gasteiger partial charge on any atom is -0.262 e. The van der Waals surface area contributed by atoms with Crippen LogP contribution in [0, 0.1) is 40.5 Å². The molecule has 0 amide bonds. The summed E-state index contributed by atoms with van der Waals surface area (Å²) in [5, 5.41) is 43.6. The molecule has 21 heavy (non-hydrogen) atoms. The molecule has 0 spiro atoms. The van der Waals surface area contributed by atoms with E-state index in [1.54, 1.807) is 0 Å². The molecule has 2 heterocycles. The molecule has 0 radical (unpaired) electrons. The van der Waals surface area contributed by atoms with Gasteiger partial charge in [0.05, 0.1) is 13.0 Å². The maximum absolute atomic E-state index is 11.0. The molecule has 16 nitrogen and oxygen atoms in total. The fourth-order valence-electron chi connectivity index (χ4n) is 1.85. The summed E-state index contributed by atoms with van der Waals surface area (Å²) in [5.74, 6) is -7.54. The molecule has 2 aliphatic heterocycles. The Hall–Kier alpha value is -2.56. The summed E-state index contributed by atoms with van der Waals surface area (Å²) in [6, 6.07) is 0. The van der Waals surface area contributed by atoms with Gasteiger partial charge in [0.15, 0.2) is 14.8 Å². The fourth-order valence-corrected chi connectivity index (χ4v) is 1.85. The zero-order valence-electron chi connectivity index (χ0n) is 9.60. The predicted molar refractivity (Wildman–Crippen MR) is 50.0 cm³/mol. The number of hydrogen-bond acceptors (Lipinski definition) is 12. The standard InChI is InChI=1S/C5H4N4O12/c10-6(11)4(7(12)13,8(14)15)3-1-2-18-5(19-3,9(16)17)21-20-3/h1-2H2. The van der Waals surface area contributed by atoms with Crippen molar-refractivity contribution in [1.29, 1.82) is 0 Å². The molecule has 2 atom stereocenters. The van der Waals surface area contributed by atoms with Crippen LogP contribution in [0.1, 0.15) is 6.42 Å². The smallest absolute Gasteiger partial charge is 0.262 e. The molecule has 16 heteroatoms. The first-order chi connectivity index (χ1) is 9.64. The number of fused-ring (bicyclic) bond motifs is 2. The van der Waals surface area contributed by atoms with Crippen LogP contribution in [0.4, 0.5) is 0 Å². The van der Waals surface area contributed by atoms with Crippen molar-refractivity contribution in [3.05, 3.63) is 40.5 Å². The van der Waals surface area contributed by atoms with E-state index in [2.05, 4.69) is 19.2 Å². The summed E-state index contributed by atoms with van der Waals surface area (Å²) in [4.78, 5) is 44.8. The van der Waals surface area contributed by atoms with Gasteiger partial charge in [0.2, 0.25) is 0 Å². The average molecular weight is 312 g/mol. The molecule has 116 valence electrons. The molecule has 0 aromatic carbocycles. The van der Waals surface area contributed by atoms with E-state index in [4.69, 9.17) is 0 Å². The summed E-state index contributed by atoms with van der Waals surface area (Å²) in [5.41, 5.74) is 0. The highest BCUT2D eigenvalue weighted by molar-refractivity contribution is 4.84. The molecule has 2 fully saturated rings. The van der Waals surface area contributed by atoms with Gasteiger partial charge in [-0.25, -0.2) is 4.74 Å². The quantitative estimate of drug-likeness (QED) is 0.244. The SMILES string of the molecule is O=[N+]([O-])C12OCCC(C([N+](=O)[O-])([N+](=O)[O-])[N+](=O)[O-])(OO1)O2. The van der Waals surface area contributed by atoms with Crippen LogP contribution in [0.2, 0.25) is 0 Å². The van der Waals surface area contributed by atoms with Gasteiger partial charge in [-0.2, -0.15) is 4.89 Å². The van der Waals surface area contributed by atoms with Crippen LogP contribution < -0.4 is 0 Å². The maximum Gasteiger partial charge on any atom is 0.757 e. The van der Waals surface area contributed by atoms with Crippen molar-refractivity contribution in [2.24, 2.45) is 0 Å². The summed E-state index contributed by atoms with van der Waals surface area (Å²) in [6.45, 7) is -0.752. The second-order valence-corrected chi connectivity index (χ2v) is 3.81. The lowest BCUT2D eigenvalue weighted by Crippen LogP contribution is -2.71. The zero-order chi connectivity index (χ0) is 16.1. The molecule has 2 saturated heterocycles. The Kier molecular flexibility index (Phi) is 2.98. The Morgan fingerprint density at radius 3 is 1.86 bits per heavy atom. The van der Waals surface area contributed by atoms with E-state index in [-0.39, 0.29) is 0 Å². The summed E-state index contributed by atoms with van der Waals surface area (Å²) in [7, 11) is 0. The van der Waals surface area contributed by atoms with Gasteiger partial charge in [0, 0.05) is 0 Å². The summed E-state index contributed by atoms with van der Waals surface area (Å²) in [6.07, 6.45) is -4.17. The van der Waals surface area contributed by atoms with Crippen LogP contribution in [0.15, 0.2) is 0 Å². The van der Waals surface area contributed by atoms with E-state index in [0.717, 1.165) is 0 Å². The van der Waals surface area contributed by atoms with Crippen molar-refractivity contribution in [2.45, 2.75) is 24.1 Å². The second kappa shape index (κ2) is 4.22. The topological polar surface area (TPSA) is 209 Å². The number of hydrogen-bond donors (Lipinski definition) is 0. The third-order valence-corrected chi connectivity index (χ3v) is 2.79. The van der Waals surface area contributed by atoms with Crippen molar-refractivity contribution in [3.63, 3.8) is 0 Å². The molecule has 0 N–H and O–H groups in total. The minimum absolute atomic E-state index is 0.752. The molecule has 0 saturated carbocycles. The predicted octanol–water partition coefficient (Wildman–Crippen LogP) is -1.55.